The third-order valence-electron chi connectivity index (χ3n) is 1.49. The van der Waals surface area contributed by atoms with Gasteiger partial charge >= 0.3 is 0 Å². The van der Waals surface area contributed by atoms with Crippen LogP contribution in [0.3, 0.4) is 0 Å². The van der Waals surface area contributed by atoms with E-state index < -0.39 is 0 Å². The maximum Gasteiger partial charge on any atom is 0.147 e. The zero-order chi connectivity index (χ0) is 8.10. The van der Waals surface area contributed by atoms with Crippen LogP contribution in [-0.2, 0) is 0 Å². The van der Waals surface area contributed by atoms with Gasteiger partial charge in [-0.1, -0.05) is 6.92 Å². The lowest BCUT2D eigenvalue weighted by atomic mass is 10.3. The minimum Gasteiger partial charge on any atom is -0.488 e. The summed E-state index contributed by atoms with van der Waals surface area (Å²) in [5, 5.41) is 0. The fourth-order valence-corrected chi connectivity index (χ4v) is 0.677. The van der Waals surface area contributed by atoms with Crippen molar-refractivity contribution in [2.24, 2.45) is 0 Å². The van der Waals surface area contributed by atoms with E-state index in [1.54, 1.807) is 6.20 Å². The molecule has 2 nitrogen and oxygen atoms in total. The molecule has 0 amide bonds. The number of pyridine rings is 1. The minimum atomic E-state index is 0.246. The molecule has 1 unspecified atom stereocenters. The highest BCUT2D eigenvalue weighted by Gasteiger charge is 1.99. The van der Waals surface area contributed by atoms with Crippen molar-refractivity contribution in [1.29, 1.82) is 0 Å². The van der Waals surface area contributed by atoms with Crippen LogP contribution < -0.4 is 4.74 Å². The molecule has 0 aliphatic heterocycles. The van der Waals surface area contributed by atoms with Gasteiger partial charge in [0.05, 0.1) is 6.10 Å². The number of rotatable bonds is 3. The van der Waals surface area contributed by atoms with E-state index in [0.29, 0.717) is 0 Å². The van der Waals surface area contributed by atoms with Gasteiger partial charge in [0.2, 0.25) is 0 Å². The van der Waals surface area contributed by atoms with Gasteiger partial charge in [-0.15, -0.1) is 0 Å². The number of aromatic nitrogens is 1. The summed E-state index contributed by atoms with van der Waals surface area (Å²) in [7, 11) is 0. The summed E-state index contributed by atoms with van der Waals surface area (Å²) in [4.78, 5) is 3.82. The summed E-state index contributed by atoms with van der Waals surface area (Å²) >= 11 is 0. The van der Waals surface area contributed by atoms with Gasteiger partial charge < -0.3 is 4.74 Å². The highest BCUT2D eigenvalue weighted by molar-refractivity contribution is 5.14. The molecule has 0 N–H and O–H groups in total. The zero-order valence-electron chi connectivity index (χ0n) is 6.87. The van der Waals surface area contributed by atoms with Gasteiger partial charge in [-0.25, -0.2) is 0 Å². The Labute approximate surface area is 67.2 Å². The normalized spacial score (nSPS) is 12.5. The highest BCUT2D eigenvalue weighted by Crippen LogP contribution is 2.09. The van der Waals surface area contributed by atoms with Gasteiger partial charge in [0.1, 0.15) is 11.9 Å². The minimum absolute atomic E-state index is 0.246. The molecule has 0 fully saturated rings. The average molecular weight is 150 g/mol. The summed E-state index contributed by atoms with van der Waals surface area (Å²) in [6, 6.07) is 3.70. The Bertz CT molecular complexity index is 198. The van der Waals surface area contributed by atoms with Crippen molar-refractivity contribution in [3.63, 3.8) is 0 Å². The summed E-state index contributed by atoms with van der Waals surface area (Å²) in [5.74, 6) is 0.724. The highest BCUT2D eigenvalue weighted by atomic mass is 16.5. The Morgan fingerprint density at radius 1 is 1.73 bits per heavy atom. The van der Waals surface area contributed by atoms with Crippen LogP contribution >= 0.6 is 0 Å². The van der Waals surface area contributed by atoms with Crippen LogP contribution in [-0.4, -0.2) is 11.1 Å². The van der Waals surface area contributed by atoms with Crippen LogP contribution in [0.5, 0.6) is 5.75 Å². The first-order valence-corrected chi connectivity index (χ1v) is 3.82. The van der Waals surface area contributed by atoms with E-state index in [9.17, 15) is 0 Å². The van der Waals surface area contributed by atoms with Crippen molar-refractivity contribution in [3.8, 4) is 5.75 Å². The Morgan fingerprint density at radius 3 is 3.09 bits per heavy atom. The topological polar surface area (TPSA) is 22.1 Å². The van der Waals surface area contributed by atoms with E-state index in [1.807, 2.05) is 19.1 Å². The number of ether oxygens (including phenoxy) is 1. The molecule has 2 heteroatoms. The number of hydrogen-bond donors (Lipinski definition) is 0. The molecule has 59 valence electrons. The summed E-state index contributed by atoms with van der Waals surface area (Å²) < 4.78 is 5.45. The second-order valence-corrected chi connectivity index (χ2v) is 2.45. The molecular weight excluding hydrogens is 138 g/mol. The van der Waals surface area contributed by atoms with Crippen LogP contribution in [0.4, 0.5) is 0 Å². The maximum absolute atomic E-state index is 5.45. The monoisotopic (exact) mass is 150 g/mol. The Balaban J connectivity index is 2.51. The molecule has 0 aromatic carbocycles. The molecule has 1 rings (SSSR count). The Morgan fingerprint density at radius 2 is 2.55 bits per heavy atom. The molecule has 0 bridgehead atoms. The van der Waals surface area contributed by atoms with Gasteiger partial charge in [-0.3, -0.25) is 4.98 Å². The predicted octanol–water partition coefficient (Wildman–Crippen LogP) is 2.06. The zero-order valence-corrected chi connectivity index (χ0v) is 6.87. The van der Waals surface area contributed by atoms with E-state index in [1.165, 1.54) is 0 Å². The van der Waals surface area contributed by atoms with Crippen molar-refractivity contribution in [2.45, 2.75) is 26.4 Å². The molecule has 1 aromatic rings. The second kappa shape index (κ2) is 3.96. The quantitative estimate of drug-likeness (QED) is 0.658. The SMILES string of the molecule is CCC(C)Oc1[c]nccc1. The first kappa shape index (κ1) is 8.05. The van der Waals surface area contributed by atoms with Crippen LogP contribution in [0, 0.1) is 6.20 Å². The molecule has 1 atom stereocenters. The molecular formula is C9H12NO. The standard InChI is InChI=1S/C9H12NO/c1-3-8(2)11-9-5-4-6-10-7-9/h4-6,8H,3H2,1-2H3. The largest absolute Gasteiger partial charge is 0.488 e. The second-order valence-electron chi connectivity index (χ2n) is 2.45. The Hall–Kier alpha value is -1.05. The van der Waals surface area contributed by atoms with E-state index >= 15 is 0 Å². The van der Waals surface area contributed by atoms with Gasteiger partial charge in [0, 0.05) is 6.20 Å². The molecule has 0 aliphatic rings. The van der Waals surface area contributed by atoms with Gasteiger partial charge in [-0.2, -0.15) is 0 Å². The third kappa shape index (κ3) is 2.58. The molecule has 1 aromatic heterocycles. The van der Waals surface area contributed by atoms with Crippen molar-refractivity contribution in [3.05, 3.63) is 24.5 Å². The van der Waals surface area contributed by atoms with E-state index in [4.69, 9.17) is 4.74 Å². The van der Waals surface area contributed by atoms with Crippen molar-refractivity contribution in [2.75, 3.05) is 0 Å². The first-order valence-electron chi connectivity index (χ1n) is 3.82. The van der Waals surface area contributed by atoms with Crippen molar-refractivity contribution >= 4 is 0 Å². The molecule has 0 saturated heterocycles. The van der Waals surface area contributed by atoms with Crippen molar-refractivity contribution in [1.82, 2.24) is 4.98 Å². The first-order chi connectivity index (χ1) is 5.33. The fourth-order valence-electron chi connectivity index (χ4n) is 0.677. The summed E-state index contributed by atoms with van der Waals surface area (Å²) in [6.45, 7) is 4.11. The third-order valence-corrected chi connectivity index (χ3v) is 1.49. The molecule has 1 heterocycles. The molecule has 1 radical (unpaired) electrons. The Kier molecular flexibility index (Phi) is 2.90. The number of nitrogens with zero attached hydrogens (tertiary/aromatic N) is 1. The van der Waals surface area contributed by atoms with Gasteiger partial charge in [0.25, 0.3) is 0 Å². The van der Waals surface area contributed by atoms with Crippen LogP contribution in [0.1, 0.15) is 20.3 Å². The molecule has 11 heavy (non-hydrogen) atoms. The smallest absolute Gasteiger partial charge is 0.147 e. The number of hydrogen-bond acceptors (Lipinski definition) is 2. The summed E-state index contributed by atoms with van der Waals surface area (Å²) in [5.41, 5.74) is 0. The van der Waals surface area contributed by atoms with E-state index in [0.717, 1.165) is 12.2 Å². The lowest BCUT2D eigenvalue weighted by Crippen LogP contribution is -2.09. The van der Waals surface area contributed by atoms with Crippen molar-refractivity contribution < 1.29 is 4.74 Å². The van der Waals surface area contributed by atoms with E-state index in [-0.39, 0.29) is 6.10 Å². The maximum atomic E-state index is 5.45. The fraction of sp³-hybridized carbons (Fsp3) is 0.444. The average Bonchev–Trinajstić information content (AvgIpc) is 2.06. The molecule has 0 saturated carbocycles. The van der Waals surface area contributed by atoms with Crippen LogP contribution in [0.2, 0.25) is 0 Å². The predicted molar refractivity (Wildman–Crippen MR) is 43.5 cm³/mol. The lowest BCUT2D eigenvalue weighted by molar-refractivity contribution is 0.216. The lowest BCUT2D eigenvalue weighted by Gasteiger charge is -2.10. The summed E-state index contributed by atoms with van der Waals surface area (Å²) in [6.07, 6.45) is 5.69. The van der Waals surface area contributed by atoms with Gasteiger partial charge in [0.15, 0.2) is 0 Å². The van der Waals surface area contributed by atoms with E-state index in [2.05, 4.69) is 18.1 Å². The molecule has 0 aliphatic carbocycles. The van der Waals surface area contributed by atoms with Crippen LogP contribution in [0.25, 0.3) is 0 Å². The molecule has 0 spiro atoms. The van der Waals surface area contributed by atoms with Gasteiger partial charge in [-0.05, 0) is 25.5 Å². The van der Waals surface area contributed by atoms with Crippen LogP contribution in [0.15, 0.2) is 18.3 Å².